The van der Waals surface area contributed by atoms with Crippen LogP contribution in [0.25, 0.3) is 0 Å². The summed E-state index contributed by atoms with van der Waals surface area (Å²) in [6.07, 6.45) is -4.11. The molecule has 1 rings (SSSR count). The van der Waals surface area contributed by atoms with Crippen LogP contribution in [0.5, 0.6) is 5.75 Å². The number of anilines is 1. The minimum atomic E-state index is -4.82. The van der Waals surface area contributed by atoms with Gasteiger partial charge < -0.3 is 10.1 Å². The van der Waals surface area contributed by atoms with E-state index in [0.29, 0.717) is 0 Å². The molecule has 0 bridgehead atoms. The second kappa shape index (κ2) is 6.12. The second-order valence-electron chi connectivity index (χ2n) is 4.00. The summed E-state index contributed by atoms with van der Waals surface area (Å²) in [6, 6.07) is 4.71. The van der Waals surface area contributed by atoms with Crippen molar-refractivity contribution < 1.29 is 31.1 Å². The monoisotopic (exact) mass is 311 g/mol. The number of ether oxygens (including phenoxy) is 1. The van der Waals surface area contributed by atoms with Crippen LogP contribution in [-0.2, 0) is 14.6 Å². The molecule has 0 fully saturated rings. The molecule has 1 aromatic carbocycles. The molecule has 20 heavy (non-hydrogen) atoms. The standard InChI is InChI=1S/C11H12F3NO4S/c1-20(17,18)6-5-10(16)15-8-3-2-4-9(7-8)19-11(12,13)14/h2-4,7H,5-6H2,1H3,(H,15,16). The average Bonchev–Trinajstić information content (AvgIpc) is 2.23. The smallest absolute Gasteiger partial charge is 0.406 e. The van der Waals surface area contributed by atoms with Crippen LogP contribution in [0, 0.1) is 0 Å². The van der Waals surface area contributed by atoms with Crippen molar-refractivity contribution in [3.8, 4) is 5.75 Å². The van der Waals surface area contributed by atoms with Crippen molar-refractivity contribution in [3.63, 3.8) is 0 Å². The molecule has 0 unspecified atom stereocenters. The van der Waals surface area contributed by atoms with E-state index in [1.54, 1.807) is 0 Å². The van der Waals surface area contributed by atoms with E-state index < -0.39 is 27.9 Å². The topological polar surface area (TPSA) is 72.5 Å². The van der Waals surface area contributed by atoms with Crippen molar-refractivity contribution in [2.24, 2.45) is 0 Å². The van der Waals surface area contributed by atoms with Gasteiger partial charge in [-0.1, -0.05) is 6.07 Å². The van der Waals surface area contributed by atoms with Crippen LogP contribution in [-0.4, -0.2) is 32.7 Å². The number of hydrogen-bond donors (Lipinski definition) is 1. The van der Waals surface area contributed by atoms with Gasteiger partial charge in [-0.3, -0.25) is 4.79 Å². The number of rotatable bonds is 5. The zero-order valence-corrected chi connectivity index (χ0v) is 11.2. The Balaban J connectivity index is 2.64. The van der Waals surface area contributed by atoms with Gasteiger partial charge in [0, 0.05) is 24.4 Å². The lowest BCUT2D eigenvalue weighted by molar-refractivity contribution is -0.274. The Bertz CT molecular complexity index is 584. The molecule has 1 amide bonds. The molecule has 0 radical (unpaired) electrons. The number of halogens is 3. The second-order valence-corrected chi connectivity index (χ2v) is 6.26. The van der Waals surface area contributed by atoms with E-state index >= 15 is 0 Å². The molecule has 1 aromatic rings. The van der Waals surface area contributed by atoms with Gasteiger partial charge in [0.1, 0.15) is 15.6 Å². The van der Waals surface area contributed by atoms with Crippen molar-refractivity contribution in [2.75, 3.05) is 17.3 Å². The first-order chi connectivity index (χ1) is 9.05. The van der Waals surface area contributed by atoms with Crippen molar-refractivity contribution in [2.45, 2.75) is 12.8 Å². The zero-order chi connectivity index (χ0) is 15.4. The van der Waals surface area contributed by atoms with Gasteiger partial charge >= 0.3 is 6.36 Å². The third-order valence-corrected chi connectivity index (χ3v) is 3.00. The Labute approximate surface area is 113 Å². The molecule has 0 atom stereocenters. The number of alkyl halides is 3. The molecule has 0 spiro atoms. The Hall–Kier alpha value is -1.77. The van der Waals surface area contributed by atoms with E-state index in [9.17, 15) is 26.4 Å². The number of carbonyl (C=O) groups is 1. The number of sulfone groups is 1. The Morgan fingerprint density at radius 1 is 1.35 bits per heavy atom. The Morgan fingerprint density at radius 2 is 2.00 bits per heavy atom. The van der Waals surface area contributed by atoms with Crippen molar-refractivity contribution >= 4 is 21.4 Å². The van der Waals surface area contributed by atoms with Gasteiger partial charge in [-0.15, -0.1) is 13.2 Å². The third-order valence-electron chi connectivity index (χ3n) is 2.05. The van der Waals surface area contributed by atoms with Crippen molar-refractivity contribution in [3.05, 3.63) is 24.3 Å². The fourth-order valence-corrected chi connectivity index (χ4v) is 1.83. The lowest BCUT2D eigenvalue weighted by Gasteiger charge is -2.10. The molecule has 0 aliphatic heterocycles. The normalized spacial score (nSPS) is 12.0. The van der Waals surface area contributed by atoms with E-state index in [1.165, 1.54) is 12.1 Å². The summed E-state index contributed by atoms with van der Waals surface area (Å²) in [5, 5.41) is 2.29. The summed E-state index contributed by atoms with van der Waals surface area (Å²) in [6.45, 7) is 0. The number of benzene rings is 1. The molecular weight excluding hydrogens is 299 g/mol. The highest BCUT2D eigenvalue weighted by Gasteiger charge is 2.31. The quantitative estimate of drug-likeness (QED) is 0.902. The maximum atomic E-state index is 12.0. The van der Waals surface area contributed by atoms with Crippen LogP contribution in [0.4, 0.5) is 18.9 Å². The average molecular weight is 311 g/mol. The molecule has 9 heteroatoms. The summed E-state index contributed by atoms with van der Waals surface area (Å²) >= 11 is 0. The van der Waals surface area contributed by atoms with E-state index in [0.717, 1.165) is 18.4 Å². The minimum absolute atomic E-state index is 0.0882. The zero-order valence-electron chi connectivity index (χ0n) is 10.4. The first-order valence-corrected chi connectivity index (χ1v) is 7.45. The number of nitrogens with one attached hydrogen (secondary N) is 1. The van der Waals surface area contributed by atoms with Gasteiger partial charge in [0.25, 0.3) is 0 Å². The van der Waals surface area contributed by atoms with Gasteiger partial charge in [-0.05, 0) is 12.1 Å². The molecule has 0 aliphatic rings. The fourth-order valence-electron chi connectivity index (χ4n) is 1.27. The molecule has 0 heterocycles. The third kappa shape index (κ3) is 6.98. The Kier molecular flexibility index (Phi) is 4.98. The maximum Gasteiger partial charge on any atom is 0.573 e. The summed E-state index contributed by atoms with van der Waals surface area (Å²) in [5.74, 6) is -1.42. The van der Waals surface area contributed by atoms with Gasteiger partial charge in [-0.25, -0.2) is 8.42 Å². The highest BCUT2D eigenvalue weighted by Crippen LogP contribution is 2.25. The highest BCUT2D eigenvalue weighted by atomic mass is 32.2. The van der Waals surface area contributed by atoms with E-state index in [1.807, 2.05) is 0 Å². The Morgan fingerprint density at radius 3 is 2.55 bits per heavy atom. The van der Waals surface area contributed by atoms with Crippen LogP contribution in [0.3, 0.4) is 0 Å². The summed E-state index contributed by atoms with van der Waals surface area (Å²) < 4.78 is 61.5. The summed E-state index contributed by atoms with van der Waals surface area (Å²) in [5.41, 5.74) is 0.0882. The molecular formula is C11H12F3NO4S. The summed E-state index contributed by atoms with van der Waals surface area (Å²) in [4.78, 5) is 11.4. The first-order valence-electron chi connectivity index (χ1n) is 5.38. The SMILES string of the molecule is CS(=O)(=O)CCC(=O)Nc1cccc(OC(F)(F)F)c1. The largest absolute Gasteiger partial charge is 0.573 e. The van der Waals surface area contributed by atoms with Crippen molar-refractivity contribution in [1.82, 2.24) is 0 Å². The predicted molar refractivity (Wildman–Crippen MR) is 66.1 cm³/mol. The maximum absolute atomic E-state index is 12.0. The van der Waals surface area contributed by atoms with Crippen LogP contribution in [0.1, 0.15) is 6.42 Å². The molecule has 112 valence electrons. The van der Waals surface area contributed by atoms with Gasteiger partial charge in [-0.2, -0.15) is 0 Å². The van der Waals surface area contributed by atoms with Crippen LogP contribution in [0.2, 0.25) is 0 Å². The minimum Gasteiger partial charge on any atom is -0.406 e. The number of hydrogen-bond acceptors (Lipinski definition) is 4. The van der Waals surface area contributed by atoms with Crippen LogP contribution >= 0.6 is 0 Å². The lowest BCUT2D eigenvalue weighted by Crippen LogP contribution is -2.18. The first kappa shape index (κ1) is 16.3. The molecule has 0 aliphatic carbocycles. The van der Waals surface area contributed by atoms with E-state index in [-0.39, 0.29) is 17.9 Å². The van der Waals surface area contributed by atoms with Crippen LogP contribution < -0.4 is 10.1 Å². The number of carbonyl (C=O) groups excluding carboxylic acids is 1. The van der Waals surface area contributed by atoms with E-state index in [2.05, 4.69) is 10.1 Å². The highest BCUT2D eigenvalue weighted by molar-refractivity contribution is 7.90. The number of amides is 1. The van der Waals surface area contributed by atoms with Crippen LogP contribution in [0.15, 0.2) is 24.3 Å². The van der Waals surface area contributed by atoms with Crippen molar-refractivity contribution in [1.29, 1.82) is 0 Å². The van der Waals surface area contributed by atoms with Gasteiger partial charge in [0.05, 0.1) is 5.75 Å². The van der Waals surface area contributed by atoms with Gasteiger partial charge in [0.15, 0.2) is 0 Å². The summed E-state index contributed by atoms with van der Waals surface area (Å²) in [7, 11) is -3.28. The lowest BCUT2D eigenvalue weighted by atomic mass is 10.3. The molecule has 1 N–H and O–H groups in total. The molecule has 0 saturated carbocycles. The molecule has 5 nitrogen and oxygen atoms in total. The molecule has 0 aromatic heterocycles. The predicted octanol–water partition coefficient (Wildman–Crippen LogP) is 1.96. The van der Waals surface area contributed by atoms with E-state index in [4.69, 9.17) is 0 Å². The molecule has 0 saturated heterocycles. The van der Waals surface area contributed by atoms with Gasteiger partial charge in [0.2, 0.25) is 5.91 Å². The fraction of sp³-hybridized carbons (Fsp3) is 0.364.